The lowest BCUT2D eigenvalue weighted by molar-refractivity contribution is 1.05. The highest BCUT2D eigenvalue weighted by molar-refractivity contribution is 6.11. The van der Waals surface area contributed by atoms with Crippen molar-refractivity contribution in [2.75, 3.05) is 0 Å². The highest BCUT2D eigenvalue weighted by atomic mass is 15.1. The second kappa shape index (κ2) is 8.49. The van der Waals surface area contributed by atoms with E-state index in [-0.39, 0.29) is 0 Å². The van der Waals surface area contributed by atoms with E-state index in [1.807, 2.05) is 66.9 Å². The summed E-state index contributed by atoms with van der Waals surface area (Å²) in [5, 5.41) is 4.04. The fraction of sp³-hybridized carbons (Fsp3) is 0. The number of nitrogens with zero attached hydrogens (tertiary/aromatic N) is 7. The molecule has 0 saturated heterocycles. The van der Waals surface area contributed by atoms with Crippen molar-refractivity contribution < 1.29 is 0 Å². The van der Waals surface area contributed by atoms with Crippen molar-refractivity contribution in [1.29, 1.82) is 0 Å². The highest BCUT2D eigenvalue weighted by Gasteiger charge is 2.20. The molecule has 2 aromatic carbocycles. The Labute approximate surface area is 222 Å². The standard InChI is InChI=1S/C32H19N7/c1-2-12-27-21(8-1)22-9-7-19-35-31(22)39(27)32-23-15-13-20-14-16-25(24-10-3-5-17-33-24)36-28(20)29(23)37-30(38-32)26-11-4-6-18-34-26/h1-19H. The van der Waals surface area contributed by atoms with E-state index in [0.717, 1.165) is 60.9 Å². The Hall–Kier alpha value is -5.56. The summed E-state index contributed by atoms with van der Waals surface area (Å²) in [6, 6.07) is 32.2. The van der Waals surface area contributed by atoms with Gasteiger partial charge in [0, 0.05) is 40.1 Å². The average Bonchev–Trinajstić information content (AvgIpc) is 3.35. The average molecular weight is 502 g/mol. The van der Waals surface area contributed by atoms with Crippen LogP contribution in [0, 0.1) is 0 Å². The van der Waals surface area contributed by atoms with Crippen LogP contribution in [0.3, 0.4) is 0 Å². The molecule has 0 unspecified atom stereocenters. The Bertz CT molecular complexity index is 2120. The zero-order valence-electron chi connectivity index (χ0n) is 20.6. The number of para-hydroxylation sites is 1. The molecule has 0 spiro atoms. The SMILES string of the molecule is c1ccc(-c2ccc3ccc4c(-n5c6ccccc6c6cccnc65)nc(-c5ccccn5)nc4c3n2)nc1. The number of fused-ring (bicyclic) bond motifs is 6. The molecule has 0 radical (unpaired) electrons. The van der Waals surface area contributed by atoms with Crippen molar-refractivity contribution in [1.82, 2.24) is 34.5 Å². The van der Waals surface area contributed by atoms with Gasteiger partial charge in [-0.15, -0.1) is 0 Å². The molecule has 0 aliphatic heterocycles. The van der Waals surface area contributed by atoms with E-state index in [4.69, 9.17) is 19.9 Å². The van der Waals surface area contributed by atoms with Crippen LogP contribution >= 0.6 is 0 Å². The van der Waals surface area contributed by atoms with Crippen molar-refractivity contribution in [3.8, 4) is 28.7 Å². The molecule has 0 bridgehead atoms. The van der Waals surface area contributed by atoms with Gasteiger partial charge in [-0.3, -0.25) is 14.5 Å². The molecule has 0 N–H and O–H groups in total. The molecule has 0 fully saturated rings. The van der Waals surface area contributed by atoms with E-state index >= 15 is 0 Å². The molecular formula is C32H19N7. The predicted molar refractivity (Wildman–Crippen MR) is 153 cm³/mol. The monoisotopic (exact) mass is 501 g/mol. The zero-order valence-corrected chi connectivity index (χ0v) is 20.6. The number of benzene rings is 2. The number of aromatic nitrogens is 7. The lowest BCUT2D eigenvalue weighted by atomic mass is 10.1. The third kappa shape index (κ3) is 3.37. The maximum Gasteiger partial charge on any atom is 0.180 e. The van der Waals surface area contributed by atoms with Crippen molar-refractivity contribution >= 4 is 43.7 Å². The molecule has 8 aromatic rings. The lowest BCUT2D eigenvalue weighted by Crippen LogP contribution is -2.04. The van der Waals surface area contributed by atoms with E-state index < -0.39 is 0 Å². The van der Waals surface area contributed by atoms with Gasteiger partial charge in [0.15, 0.2) is 11.6 Å². The second-order valence-electron chi connectivity index (χ2n) is 9.26. The summed E-state index contributed by atoms with van der Waals surface area (Å²) in [5.74, 6) is 1.26. The van der Waals surface area contributed by atoms with Gasteiger partial charge in [0.1, 0.15) is 16.9 Å². The summed E-state index contributed by atoms with van der Waals surface area (Å²) in [5.41, 5.74) is 5.67. The van der Waals surface area contributed by atoms with Gasteiger partial charge in [-0.2, -0.15) is 0 Å². The Morgan fingerprint density at radius 1 is 0.462 bits per heavy atom. The van der Waals surface area contributed by atoms with Crippen LogP contribution in [0.15, 0.2) is 116 Å². The van der Waals surface area contributed by atoms with Gasteiger partial charge in [0.25, 0.3) is 0 Å². The minimum absolute atomic E-state index is 0.525. The van der Waals surface area contributed by atoms with Crippen molar-refractivity contribution in [3.63, 3.8) is 0 Å². The molecule has 7 nitrogen and oxygen atoms in total. The molecule has 0 amide bonds. The largest absolute Gasteiger partial charge is 0.277 e. The first kappa shape index (κ1) is 21.5. The number of rotatable bonds is 3. The van der Waals surface area contributed by atoms with E-state index in [0.29, 0.717) is 11.5 Å². The van der Waals surface area contributed by atoms with E-state index in [1.54, 1.807) is 12.4 Å². The van der Waals surface area contributed by atoms with Gasteiger partial charge < -0.3 is 0 Å². The summed E-state index contributed by atoms with van der Waals surface area (Å²) >= 11 is 0. The normalized spacial score (nSPS) is 11.6. The van der Waals surface area contributed by atoms with Crippen LogP contribution in [0.4, 0.5) is 0 Å². The van der Waals surface area contributed by atoms with Crippen LogP contribution in [-0.4, -0.2) is 34.5 Å². The summed E-state index contributed by atoms with van der Waals surface area (Å²) in [7, 11) is 0. The minimum atomic E-state index is 0.525. The molecule has 0 saturated carbocycles. The Morgan fingerprint density at radius 3 is 2.05 bits per heavy atom. The molecule has 182 valence electrons. The Morgan fingerprint density at radius 2 is 1.21 bits per heavy atom. The van der Waals surface area contributed by atoms with Gasteiger partial charge in [-0.1, -0.05) is 42.5 Å². The van der Waals surface area contributed by atoms with E-state index in [2.05, 4.69) is 50.9 Å². The Kier molecular flexibility index (Phi) is 4.69. The van der Waals surface area contributed by atoms with Crippen molar-refractivity contribution in [2.24, 2.45) is 0 Å². The summed E-state index contributed by atoms with van der Waals surface area (Å²) in [6.45, 7) is 0. The summed E-state index contributed by atoms with van der Waals surface area (Å²) in [6.07, 6.45) is 5.35. The lowest BCUT2D eigenvalue weighted by Gasteiger charge is -2.13. The topological polar surface area (TPSA) is 82.3 Å². The fourth-order valence-electron chi connectivity index (χ4n) is 5.21. The van der Waals surface area contributed by atoms with Crippen LogP contribution in [-0.2, 0) is 0 Å². The summed E-state index contributed by atoms with van der Waals surface area (Å²) < 4.78 is 2.12. The smallest absolute Gasteiger partial charge is 0.180 e. The maximum absolute atomic E-state index is 5.11. The molecule has 6 aromatic heterocycles. The Balaban J connectivity index is 1.52. The van der Waals surface area contributed by atoms with Crippen LogP contribution in [0.2, 0.25) is 0 Å². The van der Waals surface area contributed by atoms with Gasteiger partial charge in [-0.25, -0.2) is 19.9 Å². The highest BCUT2D eigenvalue weighted by Crippen LogP contribution is 2.35. The van der Waals surface area contributed by atoms with Gasteiger partial charge in [0.2, 0.25) is 0 Å². The molecule has 0 aliphatic rings. The molecule has 0 aliphatic carbocycles. The first-order valence-electron chi connectivity index (χ1n) is 12.6. The van der Waals surface area contributed by atoms with Crippen LogP contribution in [0.25, 0.3) is 72.5 Å². The second-order valence-corrected chi connectivity index (χ2v) is 9.26. The van der Waals surface area contributed by atoms with Crippen molar-refractivity contribution in [2.45, 2.75) is 0 Å². The fourth-order valence-corrected chi connectivity index (χ4v) is 5.21. The molecular weight excluding hydrogens is 482 g/mol. The first-order chi connectivity index (χ1) is 19.3. The van der Waals surface area contributed by atoms with Gasteiger partial charge in [0.05, 0.1) is 22.4 Å². The van der Waals surface area contributed by atoms with Gasteiger partial charge in [-0.05, 0) is 54.6 Å². The van der Waals surface area contributed by atoms with Gasteiger partial charge >= 0.3 is 0 Å². The van der Waals surface area contributed by atoms with Crippen LogP contribution < -0.4 is 0 Å². The summed E-state index contributed by atoms with van der Waals surface area (Å²) in [4.78, 5) is 29.1. The number of pyridine rings is 4. The van der Waals surface area contributed by atoms with E-state index in [1.165, 1.54) is 0 Å². The zero-order chi connectivity index (χ0) is 25.8. The molecule has 39 heavy (non-hydrogen) atoms. The third-order valence-corrected chi connectivity index (χ3v) is 6.97. The third-order valence-electron chi connectivity index (χ3n) is 6.97. The minimum Gasteiger partial charge on any atom is -0.277 e. The molecule has 6 heterocycles. The molecule has 8 rings (SSSR count). The molecule has 0 atom stereocenters. The number of hydrogen-bond donors (Lipinski definition) is 0. The van der Waals surface area contributed by atoms with Crippen LogP contribution in [0.1, 0.15) is 0 Å². The quantitative estimate of drug-likeness (QED) is 0.248. The van der Waals surface area contributed by atoms with E-state index in [9.17, 15) is 0 Å². The maximum atomic E-state index is 5.11. The number of hydrogen-bond acceptors (Lipinski definition) is 6. The predicted octanol–water partition coefficient (Wildman–Crippen LogP) is 6.79. The first-order valence-corrected chi connectivity index (χ1v) is 12.6. The molecule has 7 heteroatoms. The van der Waals surface area contributed by atoms with Crippen molar-refractivity contribution in [3.05, 3.63) is 116 Å². The van der Waals surface area contributed by atoms with Crippen LogP contribution in [0.5, 0.6) is 0 Å².